The normalized spacial score (nSPS) is 21.9. The number of amides is 1. The maximum Gasteiger partial charge on any atom is 0.272 e. The Morgan fingerprint density at radius 2 is 1.61 bits per heavy atom. The molecule has 0 bridgehead atoms. The van der Waals surface area contributed by atoms with Crippen molar-refractivity contribution in [3.63, 3.8) is 0 Å². The molecule has 2 saturated heterocycles. The first-order chi connectivity index (χ1) is 19.8. The Morgan fingerprint density at radius 1 is 0.902 bits per heavy atom. The Hall–Kier alpha value is -2.20. The van der Waals surface area contributed by atoms with Crippen LogP contribution in [0, 0.1) is 0 Å². The van der Waals surface area contributed by atoms with Gasteiger partial charge in [-0.25, -0.2) is 0 Å². The molecule has 1 amide bonds. The minimum absolute atomic E-state index is 0.00589. The van der Waals surface area contributed by atoms with Gasteiger partial charge in [0.1, 0.15) is 0 Å². The molecule has 5 rings (SSSR count). The fraction of sp³-hybridized carbons (Fsp3) is 0.387. The van der Waals surface area contributed by atoms with Gasteiger partial charge in [0.2, 0.25) is 0 Å². The van der Waals surface area contributed by atoms with Crippen LogP contribution >= 0.6 is 34.8 Å². The molecule has 0 saturated carbocycles. The van der Waals surface area contributed by atoms with E-state index in [1.165, 1.54) is 0 Å². The van der Waals surface area contributed by atoms with Crippen molar-refractivity contribution in [1.82, 2.24) is 10.2 Å². The van der Waals surface area contributed by atoms with Crippen LogP contribution in [-0.4, -0.2) is 58.7 Å². The monoisotopic (exact) mass is 618 g/mol. The van der Waals surface area contributed by atoms with Gasteiger partial charge in [-0.05, 0) is 33.9 Å². The number of alkyl halides is 3. The van der Waals surface area contributed by atoms with E-state index in [1.807, 2.05) is 72.8 Å². The van der Waals surface area contributed by atoms with E-state index in [0.29, 0.717) is 0 Å². The van der Waals surface area contributed by atoms with Gasteiger partial charge in [0.15, 0.2) is 6.29 Å². The second-order valence-electron chi connectivity index (χ2n) is 10.3. The first-order valence-electron chi connectivity index (χ1n) is 13.6. The highest BCUT2D eigenvalue weighted by molar-refractivity contribution is 6.76. The number of carbonyl (C=O) groups excluding carboxylic acids is 1. The minimum Gasteiger partial charge on any atom is -0.392 e. The zero-order valence-corrected chi connectivity index (χ0v) is 24.7. The van der Waals surface area contributed by atoms with Crippen molar-refractivity contribution in [2.75, 3.05) is 32.8 Å². The van der Waals surface area contributed by atoms with E-state index in [0.717, 1.165) is 72.6 Å². The summed E-state index contributed by atoms with van der Waals surface area (Å²) in [4.78, 5) is 14.3. The summed E-state index contributed by atoms with van der Waals surface area (Å²) in [6.45, 7) is 4.32. The van der Waals surface area contributed by atoms with E-state index in [9.17, 15) is 9.90 Å². The molecule has 3 aromatic rings. The molecular formula is C31H33Cl3N2O5. The third-order valence-electron chi connectivity index (χ3n) is 7.33. The zero-order valence-electron chi connectivity index (χ0n) is 22.5. The lowest BCUT2D eigenvalue weighted by Gasteiger charge is -2.39. The molecule has 7 nitrogen and oxygen atoms in total. The summed E-state index contributed by atoms with van der Waals surface area (Å²) in [5.74, 6) is -0.667. The number of nitrogens with zero attached hydrogens (tertiary/aromatic N) is 1. The number of hydrogen-bond donors (Lipinski definition) is 2. The summed E-state index contributed by atoms with van der Waals surface area (Å²) in [6, 6.07) is 23.9. The summed E-state index contributed by atoms with van der Waals surface area (Å²) < 4.78 is 16.5. The van der Waals surface area contributed by atoms with E-state index in [1.54, 1.807) is 0 Å². The average molecular weight is 620 g/mol. The maximum absolute atomic E-state index is 11.9. The van der Waals surface area contributed by atoms with Crippen LogP contribution in [0.4, 0.5) is 0 Å². The highest BCUT2D eigenvalue weighted by Gasteiger charge is 2.33. The van der Waals surface area contributed by atoms with Gasteiger partial charge in [-0.15, -0.1) is 0 Å². The van der Waals surface area contributed by atoms with Gasteiger partial charge >= 0.3 is 0 Å². The SMILES string of the molecule is O=C(NCc1cccc(-c2ccc([C@@H]3O[C@H](CN4CCOCC4)C[C@H](c4ccc(CO)cc4)O3)cc2)c1)C(Cl)(Cl)Cl. The number of aliphatic hydroxyl groups excluding tert-OH is 1. The molecule has 41 heavy (non-hydrogen) atoms. The van der Waals surface area contributed by atoms with Crippen molar-refractivity contribution >= 4 is 40.7 Å². The number of benzene rings is 3. The van der Waals surface area contributed by atoms with Crippen LogP contribution in [-0.2, 0) is 32.2 Å². The van der Waals surface area contributed by atoms with Crippen molar-refractivity contribution in [1.29, 1.82) is 0 Å². The number of nitrogens with one attached hydrogen (secondary N) is 1. The Labute approximate surface area is 255 Å². The Bertz CT molecular complexity index is 1290. The summed E-state index contributed by atoms with van der Waals surface area (Å²) in [5.41, 5.74) is 5.76. The predicted molar refractivity (Wildman–Crippen MR) is 160 cm³/mol. The van der Waals surface area contributed by atoms with Crippen LogP contribution in [0.25, 0.3) is 11.1 Å². The lowest BCUT2D eigenvalue weighted by molar-refractivity contribution is -0.253. The average Bonchev–Trinajstić information content (AvgIpc) is 3.00. The van der Waals surface area contributed by atoms with Crippen LogP contribution in [0.1, 0.15) is 41.1 Å². The van der Waals surface area contributed by atoms with Gasteiger partial charge in [-0.1, -0.05) is 102 Å². The minimum atomic E-state index is -2.00. The van der Waals surface area contributed by atoms with Gasteiger partial charge in [-0.3, -0.25) is 9.69 Å². The third-order valence-corrected chi connectivity index (χ3v) is 7.85. The van der Waals surface area contributed by atoms with Crippen LogP contribution in [0.3, 0.4) is 0 Å². The summed E-state index contributed by atoms with van der Waals surface area (Å²) in [7, 11) is 0. The molecule has 2 aliphatic rings. The van der Waals surface area contributed by atoms with Gasteiger partial charge in [-0.2, -0.15) is 0 Å². The fourth-order valence-electron chi connectivity index (χ4n) is 5.08. The van der Waals surface area contributed by atoms with Crippen molar-refractivity contribution in [3.8, 4) is 11.1 Å². The number of ether oxygens (including phenoxy) is 3. The number of hydrogen-bond acceptors (Lipinski definition) is 6. The molecule has 2 aliphatic heterocycles. The molecule has 10 heteroatoms. The molecule has 3 aromatic carbocycles. The molecule has 2 N–H and O–H groups in total. The zero-order chi connectivity index (χ0) is 28.8. The topological polar surface area (TPSA) is 80.3 Å². The molecule has 0 aromatic heterocycles. The van der Waals surface area contributed by atoms with E-state index in [-0.39, 0.29) is 25.4 Å². The van der Waals surface area contributed by atoms with Gasteiger partial charge < -0.3 is 24.6 Å². The first-order valence-corrected chi connectivity index (χ1v) is 14.8. The van der Waals surface area contributed by atoms with Crippen LogP contribution < -0.4 is 5.32 Å². The van der Waals surface area contributed by atoms with Gasteiger partial charge in [0, 0.05) is 38.2 Å². The first kappa shape index (κ1) is 30.3. The molecule has 0 aliphatic carbocycles. The molecule has 0 radical (unpaired) electrons. The number of aliphatic hydroxyl groups is 1. The highest BCUT2D eigenvalue weighted by atomic mass is 35.6. The van der Waals surface area contributed by atoms with Crippen molar-refractivity contribution < 1.29 is 24.1 Å². The number of carbonyl (C=O) groups is 1. The lowest BCUT2D eigenvalue weighted by atomic mass is 9.99. The maximum atomic E-state index is 11.9. The van der Waals surface area contributed by atoms with Crippen molar-refractivity contribution in [2.45, 2.75) is 41.9 Å². The Morgan fingerprint density at radius 3 is 2.29 bits per heavy atom. The van der Waals surface area contributed by atoms with Gasteiger partial charge in [0.05, 0.1) is 32.0 Å². The number of halogens is 3. The molecular weight excluding hydrogens is 587 g/mol. The Kier molecular flexibility index (Phi) is 10.2. The lowest BCUT2D eigenvalue weighted by Crippen LogP contribution is -2.44. The second-order valence-corrected chi connectivity index (χ2v) is 12.5. The molecule has 2 heterocycles. The van der Waals surface area contributed by atoms with E-state index < -0.39 is 16.0 Å². The molecule has 3 atom stereocenters. The van der Waals surface area contributed by atoms with Crippen molar-refractivity contribution in [3.05, 3.63) is 95.1 Å². The van der Waals surface area contributed by atoms with Crippen LogP contribution in [0.15, 0.2) is 72.8 Å². The van der Waals surface area contributed by atoms with E-state index in [2.05, 4.69) is 10.2 Å². The largest absolute Gasteiger partial charge is 0.392 e. The van der Waals surface area contributed by atoms with Crippen molar-refractivity contribution in [2.24, 2.45) is 0 Å². The number of morpholine rings is 1. The Balaban J connectivity index is 1.30. The predicted octanol–water partition coefficient (Wildman–Crippen LogP) is 5.71. The fourth-order valence-corrected chi connectivity index (χ4v) is 5.28. The van der Waals surface area contributed by atoms with Crippen LogP contribution in [0.5, 0.6) is 0 Å². The highest BCUT2D eigenvalue weighted by Crippen LogP contribution is 2.38. The number of rotatable bonds is 8. The van der Waals surface area contributed by atoms with E-state index in [4.69, 9.17) is 49.0 Å². The molecule has 218 valence electrons. The van der Waals surface area contributed by atoms with Gasteiger partial charge in [0.25, 0.3) is 9.70 Å². The van der Waals surface area contributed by atoms with E-state index >= 15 is 0 Å². The third kappa shape index (κ3) is 8.21. The van der Waals surface area contributed by atoms with Crippen LogP contribution in [0.2, 0.25) is 0 Å². The smallest absolute Gasteiger partial charge is 0.272 e. The summed E-state index contributed by atoms with van der Waals surface area (Å²) >= 11 is 17.0. The summed E-state index contributed by atoms with van der Waals surface area (Å²) in [5, 5.41) is 12.1. The summed E-state index contributed by atoms with van der Waals surface area (Å²) in [6.07, 6.45) is 0.0849. The molecule has 0 unspecified atom stereocenters. The second kappa shape index (κ2) is 13.8. The standard InChI is InChI=1S/C31H33Cl3N2O5/c32-31(33,34)30(38)35-18-22-2-1-3-26(16-22)23-8-10-25(11-9-23)29-40-27(19-36-12-14-39-15-13-36)17-28(41-29)24-6-4-21(20-37)5-7-24/h1-11,16,27-29,37H,12-15,17-20H2,(H,35,38)/t27-,28+,29+/m0/s1. The molecule has 0 spiro atoms. The quantitative estimate of drug-likeness (QED) is 0.315. The molecule has 2 fully saturated rings.